The summed E-state index contributed by atoms with van der Waals surface area (Å²) in [5.41, 5.74) is 0. The van der Waals surface area contributed by atoms with Gasteiger partial charge in [0.05, 0.1) is 18.8 Å². The van der Waals surface area contributed by atoms with Crippen molar-refractivity contribution in [3.05, 3.63) is 0 Å². The average molecular weight is 286 g/mol. The van der Waals surface area contributed by atoms with Gasteiger partial charge in [0, 0.05) is 13.5 Å². The number of hydrogen-bond donors (Lipinski definition) is 0. The van der Waals surface area contributed by atoms with Gasteiger partial charge in [-0.1, -0.05) is 6.42 Å². The second-order valence-electron chi connectivity index (χ2n) is 5.68. The molecule has 0 N–H and O–H groups in total. The molecular weight excluding hydrogens is 260 g/mol. The maximum Gasteiger partial charge on any atom is 0.302 e. The number of carbonyl (C=O) groups is 1. The molecule has 1 saturated carbocycles. The van der Waals surface area contributed by atoms with Crippen LogP contribution in [0.2, 0.25) is 12.1 Å². The van der Waals surface area contributed by atoms with Gasteiger partial charge in [-0.25, -0.2) is 0 Å². The van der Waals surface area contributed by atoms with E-state index in [2.05, 4.69) is 6.92 Å². The first-order valence-electron chi connectivity index (χ1n) is 7.59. The van der Waals surface area contributed by atoms with Crippen LogP contribution in [0.4, 0.5) is 0 Å². The van der Waals surface area contributed by atoms with Crippen molar-refractivity contribution >= 4 is 15.0 Å². The van der Waals surface area contributed by atoms with Crippen molar-refractivity contribution in [1.82, 2.24) is 0 Å². The van der Waals surface area contributed by atoms with Crippen LogP contribution >= 0.6 is 0 Å². The summed E-state index contributed by atoms with van der Waals surface area (Å²) in [5, 5.41) is 0. The third-order valence-corrected chi connectivity index (χ3v) is 6.82. The molecule has 4 nitrogen and oxygen atoms in total. The Labute approximate surface area is 117 Å². The van der Waals surface area contributed by atoms with Gasteiger partial charge in [0.2, 0.25) is 0 Å². The van der Waals surface area contributed by atoms with Crippen molar-refractivity contribution in [2.24, 2.45) is 5.92 Å². The van der Waals surface area contributed by atoms with E-state index in [0.29, 0.717) is 18.8 Å². The van der Waals surface area contributed by atoms with E-state index < -0.39 is 9.04 Å². The molecule has 1 saturated heterocycles. The van der Waals surface area contributed by atoms with Crippen LogP contribution < -0.4 is 0 Å². The first-order valence-corrected chi connectivity index (χ1v) is 9.70. The van der Waals surface area contributed by atoms with E-state index in [9.17, 15) is 4.79 Å². The standard InChI is InChI=1S/C14H26O4Si/c1-3-17-19(9-7-16-11(2)15)8-6-12-4-5-13-14(10-12)18-13/h12-14,19H,3-10H2,1-2H3. The van der Waals surface area contributed by atoms with Crippen LogP contribution in [0.15, 0.2) is 0 Å². The lowest BCUT2D eigenvalue weighted by Gasteiger charge is -2.21. The SMILES string of the molecule is CCO[SiH](CCOC(C)=O)CCC1CCC2OC2C1. The van der Waals surface area contributed by atoms with Gasteiger partial charge >= 0.3 is 5.97 Å². The second kappa shape index (κ2) is 7.41. The van der Waals surface area contributed by atoms with Gasteiger partial charge < -0.3 is 13.9 Å². The Kier molecular flexibility index (Phi) is 5.85. The van der Waals surface area contributed by atoms with Crippen molar-refractivity contribution in [3.63, 3.8) is 0 Å². The largest absolute Gasteiger partial charge is 0.466 e. The Bertz CT molecular complexity index is 297. The smallest absolute Gasteiger partial charge is 0.302 e. The summed E-state index contributed by atoms with van der Waals surface area (Å²) in [5.74, 6) is 0.640. The summed E-state index contributed by atoms with van der Waals surface area (Å²) in [6.07, 6.45) is 6.26. The lowest BCUT2D eigenvalue weighted by Crippen LogP contribution is -2.23. The third kappa shape index (κ3) is 5.24. The lowest BCUT2D eigenvalue weighted by molar-refractivity contribution is -0.140. The van der Waals surface area contributed by atoms with Gasteiger partial charge in [-0.3, -0.25) is 4.79 Å². The summed E-state index contributed by atoms with van der Waals surface area (Å²) in [7, 11) is -1.19. The Morgan fingerprint density at radius 2 is 2.16 bits per heavy atom. The summed E-state index contributed by atoms with van der Waals surface area (Å²) in [4.78, 5) is 10.8. The molecule has 4 atom stereocenters. The van der Waals surface area contributed by atoms with Crippen LogP contribution in [0.3, 0.4) is 0 Å². The molecule has 0 radical (unpaired) electrons. The summed E-state index contributed by atoms with van der Waals surface area (Å²) >= 11 is 0. The Morgan fingerprint density at radius 3 is 2.84 bits per heavy atom. The highest BCUT2D eigenvalue weighted by Crippen LogP contribution is 2.41. The van der Waals surface area contributed by atoms with Crippen molar-refractivity contribution in [2.75, 3.05) is 13.2 Å². The Balaban J connectivity index is 1.62. The quantitative estimate of drug-likeness (QED) is 0.390. The fourth-order valence-electron chi connectivity index (χ4n) is 3.05. The van der Waals surface area contributed by atoms with E-state index in [4.69, 9.17) is 13.9 Å². The zero-order valence-electron chi connectivity index (χ0n) is 12.1. The summed E-state index contributed by atoms with van der Waals surface area (Å²) in [6, 6.07) is 2.15. The van der Waals surface area contributed by atoms with Crippen LogP contribution in [0.25, 0.3) is 0 Å². The molecule has 2 aliphatic rings. The molecule has 5 heteroatoms. The van der Waals surface area contributed by atoms with Crippen molar-refractivity contribution < 1.29 is 18.7 Å². The number of hydrogen-bond acceptors (Lipinski definition) is 4. The van der Waals surface area contributed by atoms with E-state index in [-0.39, 0.29) is 5.97 Å². The molecular formula is C14H26O4Si. The van der Waals surface area contributed by atoms with Crippen molar-refractivity contribution in [1.29, 1.82) is 0 Å². The topological polar surface area (TPSA) is 48.1 Å². The molecule has 1 aliphatic heterocycles. The van der Waals surface area contributed by atoms with Crippen LogP contribution in [0.1, 0.15) is 39.5 Å². The molecule has 0 aromatic carbocycles. The predicted molar refractivity (Wildman–Crippen MR) is 75.6 cm³/mol. The highest BCUT2D eigenvalue weighted by Gasteiger charge is 2.43. The monoisotopic (exact) mass is 286 g/mol. The fourth-order valence-corrected chi connectivity index (χ4v) is 5.37. The zero-order chi connectivity index (χ0) is 13.7. The first kappa shape index (κ1) is 15.0. The van der Waals surface area contributed by atoms with E-state index in [0.717, 1.165) is 18.6 Å². The van der Waals surface area contributed by atoms with Crippen LogP contribution in [0.5, 0.6) is 0 Å². The average Bonchev–Trinajstić information content (AvgIpc) is 3.13. The van der Waals surface area contributed by atoms with Crippen LogP contribution in [-0.4, -0.2) is 40.4 Å². The van der Waals surface area contributed by atoms with Gasteiger partial charge in [0.15, 0.2) is 9.04 Å². The van der Waals surface area contributed by atoms with Gasteiger partial charge in [-0.05, 0) is 44.2 Å². The molecule has 0 bridgehead atoms. The fraction of sp³-hybridized carbons (Fsp3) is 0.929. The highest BCUT2D eigenvalue weighted by molar-refractivity contribution is 6.51. The summed E-state index contributed by atoms with van der Waals surface area (Å²) < 4.78 is 16.5. The molecule has 1 aliphatic carbocycles. The molecule has 1 heterocycles. The minimum absolute atomic E-state index is 0.187. The van der Waals surface area contributed by atoms with E-state index in [1.165, 1.54) is 38.7 Å². The van der Waals surface area contributed by atoms with Gasteiger partial charge in [-0.2, -0.15) is 0 Å². The Morgan fingerprint density at radius 1 is 1.32 bits per heavy atom. The third-order valence-electron chi connectivity index (χ3n) is 4.16. The van der Waals surface area contributed by atoms with Gasteiger partial charge in [0.1, 0.15) is 0 Å². The second-order valence-corrected chi connectivity index (χ2v) is 8.41. The lowest BCUT2D eigenvalue weighted by atomic mass is 9.88. The molecule has 4 unspecified atom stereocenters. The maximum atomic E-state index is 10.8. The first-order chi connectivity index (χ1) is 9.19. The normalized spacial score (nSPS) is 30.5. The number of ether oxygens (including phenoxy) is 2. The molecule has 0 aromatic heterocycles. The zero-order valence-corrected chi connectivity index (χ0v) is 13.3. The van der Waals surface area contributed by atoms with Crippen LogP contribution in [0, 0.1) is 5.92 Å². The molecule has 110 valence electrons. The van der Waals surface area contributed by atoms with Gasteiger partial charge in [-0.15, -0.1) is 0 Å². The number of rotatable bonds is 8. The number of fused-ring (bicyclic) bond motifs is 1. The highest BCUT2D eigenvalue weighted by atomic mass is 28.3. The predicted octanol–water partition coefficient (Wildman–Crippen LogP) is 2.27. The maximum absolute atomic E-state index is 10.8. The minimum atomic E-state index is -1.19. The van der Waals surface area contributed by atoms with E-state index >= 15 is 0 Å². The van der Waals surface area contributed by atoms with E-state index in [1.54, 1.807) is 0 Å². The number of carbonyl (C=O) groups excluding carboxylic acids is 1. The van der Waals surface area contributed by atoms with Crippen LogP contribution in [-0.2, 0) is 18.7 Å². The number of esters is 1. The van der Waals surface area contributed by atoms with Crippen molar-refractivity contribution in [2.45, 2.75) is 63.8 Å². The van der Waals surface area contributed by atoms with Gasteiger partial charge in [0.25, 0.3) is 0 Å². The molecule has 19 heavy (non-hydrogen) atoms. The summed E-state index contributed by atoms with van der Waals surface area (Å²) in [6.45, 7) is 4.83. The molecule has 0 aromatic rings. The molecule has 0 amide bonds. The minimum Gasteiger partial charge on any atom is -0.466 e. The van der Waals surface area contributed by atoms with E-state index in [1.807, 2.05) is 0 Å². The number of epoxide rings is 1. The van der Waals surface area contributed by atoms with Crippen molar-refractivity contribution in [3.8, 4) is 0 Å². The molecule has 0 spiro atoms. The Hall–Kier alpha value is -0.393. The molecule has 2 fully saturated rings. The molecule has 2 rings (SSSR count).